The van der Waals surface area contributed by atoms with Crippen LogP contribution in [0.3, 0.4) is 0 Å². The van der Waals surface area contributed by atoms with Crippen molar-refractivity contribution in [3.05, 3.63) is 29.6 Å². The van der Waals surface area contributed by atoms with E-state index >= 15 is 0 Å². The van der Waals surface area contributed by atoms with Crippen molar-refractivity contribution < 1.29 is 13.9 Å². The molecule has 2 N–H and O–H groups in total. The Kier molecular flexibility index (Phi) is 3.52. The average molecular weight is 225 g/mol. The molecule has 0 atom stereocenters. The SMILES string of the molecule is CC(C)(C)OC(=O)Cc1cccc(F)c1N. The van der Waals surface area contributed by atoms with Crippen LogP contribution in [0.15, 0.2) is 18.2 Å². The van der Waals surface area contributed by atoms with Gasteiger partial charge in [0, 0.05) is 0 Å². The smallest absolute Gasteiger partial charge is 0.310 e. The lowest BCUT2D eigenvalue weighted by Crippen LogP contribution is -2.25. The summed E-state index contributed by atoms with van der Waals surface area (Å²) in [5.74, 6) is -0.925. The minimum absolute atomic E-state index is 0.00774. The molecule has 0 bridgehead atoms. The van der Waals surface area contributed by atoms with Gasteiger partial charge in [-0.15, -0.1) is 0 Å². The molecule has 4 heteroatoms. The predicted molar refractivity (Wildman–Crippen MR) is 60.4 cm³/mol. The van der Waals surface area contributed by atoms with Crippen molar-refractivity contribution in [1.82, 2.24) is 0 Å². The first-order valence-electron chi connectivity index (χ1n) is 5.04. The number of esters is 1. The van der Waals surface area contributed by atoms with Crippen LogP contribution in [0.5, 0.6) is 0 Å². The third-order valence-electron chi connectivity index (χ3n) is 1.90. The maximum absolute atomic E-state index is 13.1. The highest BCUT2D eigenvalue weighted by atomic mass is 19.1. The molecule has 0 aliphatic carbocycles. The lowest BCUT2D eigenvalue weighted by atomic mass is 10.1. The van der Waals surface area contributed by atoms with Crippen LogP contribution in [0.25, 0.3) is 0 Å². The summed E-state index contributed by atoms with van der Waals surface area (Å²) in [4.78, 5) is 11.5. The first-order chi connectivity index (χ1) is 7.29. The Labute approximate surface area is 94.4 Å². The largest absolute Gasteiger partial charge is 0.460 e. The van der Waals surface area contributed by atoms with Gasteiger partial charge in [-0.25, -0.2) is 4.39 Å². The molecule has 0 aliphatic heterocycles. The molecule has 0 fully saturated rings. The fourth-order valence-electron chi connectivity index (χ4n) is 1.27. The highest BCUT2D eigenvalue weighted by molar-refractivity contribution is 5.75. The van der Waals surface area contributed by atoms with Crippen molar-refractivity contribution in [1.29, 1.82) is 0 Å². The van der Waals surface area contributed by atoms with Crippen molar-refractivity contribution in [2.75, 3.05) is 5.73 Å². The fourth-order valence-corrected chi connectivity index (χ4v) is 1.27. The lowest BCUT2D eigenvalue weighted by molar-refractivity contribution is -0.153. The minimum atomic E-state index is -0.542. The van der Waals surface area contributed by atoms with Gasteiger partial charge in [0.15, 0.2) is 0 Å². The van der Waals surface area contributed by atoms with Crippen LogP contribution in [0, 0.1) is 5.82 Å². The summed E-state index contributed by atoms with van der Waals surface area (Å²) in [6.45, 7) is 5.33. The fraction of sp³-hybridized carbons (Fsp3) is 0.417. The van der Waals surface area contributed by atoms with Crippen molar-refractivity contribution in [3.8, 4) is 0 Å². The van der Waals surface area contributed by atoms with E-state index in [4.69, 9.17) is 10.5 Å². The minimum Gasteiger partial charge on any atom is -0.460 e. The van der Waals surface area contributed by atoms with Crippen LogP contribution in [0.4, 0.5) is 10.1 Å². The molecule has 88 valence electrons. The highest BCUT2D eigenvalue weighted by Crippen LogP contribution is 2.18. The van der Waals surface area contributed by atoms with E-state index in [2.05, 4.69) is 0 Å². The number of para-hydroxylation sites is 1. The van der Waals surface area contributed by atoms with E-state index in [1.807, 2.05) is 0 Å². The average Bonchev–Trinajstić information content (AvgIpc) is 2.09. The second-order valence-corrected chi connectivity index (χ2v) is 4.58. The number of ether oxygens (including phenoxy) is 1. The molecule has 0 heterocycles. The van der Waals surface area contributed by atoms with Crippen LogP contribution in [0.1, 0.15) is 26.3 Å². The Morgan fingerprint density at radius 1 is 1.44 bits per heavy atom. The van der Waals surface area contributed by atoms with E-state index in [1.165, 1.54) is 12.1 Å². The number of carbonyl (C=O) groups is 1. The van der Waals surface area contributed by atoms with Gasteiger partial charge in [0.1, 0.15) is 11.4 Å². The zero-order valence-electron chi connectivity index (χ0n) is 9.71. The van der Waals surface area contributed by atoms with Gasteiger partial charge >= 0.3 is 5.97 Å². The van der Waals surface area contributed by atoms with Crippen LogP contribution >= 0.6 is 0 Å². The Bertz CT molecular complexity index is 396. The molecule has 0 spiro atoms. The summed E-state index contributed by atoms with van der Waals surface area (Å²) in [5, 5.41) is 0. The molecule has 16 heavy (non-hydrogen) atoms. The van der Waals surface area contributed by atoms with Gasteiger partial charge in [0.05, 0.1) is 12.1 Å². The maximum Gasteiger partial charge on any atom is 0.310 e. The highest BCUT2D eigenvalue weighted by Gasteiger charge is 2.17. The van der Waals surface area contributed by atoms with Gasteiger partial charge in [-0.2, -0.15) is 0 Å². The van der Waals surface area contributed by atoms with Gasteiger partial charge in [-0.3, -0.25) is 4.79 Å². The van der Waals surface area contributed by atoms with E-state index in [0.29, 0.717) is 5.56 Å². The zero-order chi connectivity index (χ0) is 12.3. The van der Waals surface area contributed by atoms with E-state index < -0.39 is 17.4 Å². The van der Waals surface area contributed by atoms with E-state index in [0.717, 1.165) is 0 Å². The normalized spacial score (nSPS) is 11.2. The van der Waals surface area contributed by atoms with E-state index in [1.54, 1.807) is 26.8 Å². The zero-order valence-corrected chi connectivity index (χ0v) is 9.71. The molecule has 0 unspecified atom stereocenters. The van der Waals surface area contributed by atoms with Gasteiger partial charge in [-0.05, 0) is 32.4 Å². The number of benzene rings is 1. The molecule has 1 aromatic carbocycles. The molecule has 1 rings (SSSR count). The number of rotatable bonds is 2. The van der Waals surface area contributed by atoms with Crippen molar-refractivity contribution in [3.63, 3.8) is 0 Å². The summed E-state index contributed by atoms with van der Waals surface area (Å²) in [7, 11) is 0. The predicted octanol–water partition coefficient (Wildman–Crippen LogP) is 2.29. The number of carbonyl (C=O) groups excluding carboxylic acids is 1. The topological polar surface area (TPSA) is 52.3 Å². The Hall–Kier alpha value is -1.58. The number of nitrogen functional groups attached to an aromatic ring is 1. The van der Waals surface area contributed by atoms with Gasteiger partial charge in [0.25, 0.3) is 0 Å². The Morgan fingerprint density at radius 2 is 2.06 bits per heavy atom. The van der Waals surface area contributed by atoms with E-state index in [9.17, 15) is 9.18 Å². The summed E-state index contributed by atoms with van der Waals surface area (Å²) < 4.78 is 18.2. The lowest BCUT2D eigenvalue weighted by Gasteiger charge is -2.19. The molecule has 0 aliphatic rings. The Morgan fingerprint density at radius 3 is 2.62 bits per heavy atom. The van der Waals surface area contributed by atoms with Gasteiger partial charge < -0.3 is 10.5 Å². The molecule has 3 nitrogen and oxygen atoms in total. The first-order valence-corrected chi connectivity index (χ1v) is 5.04. The first kappa shape index (κ1) is 12.5. The summed E-state index contributed by atoms with van der Waals surface area (Å²) in [6, 6.07) is 4.39. The third-order valence-corrected chi connectivity index (χ3v) is 1.90. The molecule has 0 radical (unpaired) electrons. The number of halogens is 1. The second-order valence-electron chi connectivity index (χ2n) is 4.58. The van der Waals surface area contributed by atoms with Crippen LogP contribution in [-0.2, 0) is 16.0 Å². The number of hydrogen-bond acceptors (Lipinski definition) is 3. The molecule has 0 amide bonds. The molecule has 0 aromatic heterocycles. The molecular formula is C12H16FNO2. The molecule has 1 aromatic rings. The number of hydrogen-bond donors (Lipinski definition) is 1. The number of anilines is 1. The summed E-state index contributed by atoms with van der Waals surface area (Å²) in [6.07, 6.45) is -0.0130. The van der Waals surface area contributed by atoms with Crippen molar-refractivity contribution in [2.45, 2.75) is 32.8 Å². The van der Waals surface area contributed by atoms with Gasteiger partial charge in [-0.1, -0.05) is 12.1 Å². The Balaban J connectivity index is 2.74. The van der Waals surface area contributed by atoms with Crippen LogP contribution < -0.4 is 5.73 Å². The van der Waals surface area contributed by atoms with Crippen LogP contribution in [0.2, 0.25) is 0 Å². The summed E-state index contributed by atoms with van der Waals surface area (Å²) in [5.41, 5.74) is 5.43. The quantitative estimate of drug-likeness (QED) is 0.620. The van der Waals surface area contributed by atoms with Gasteiger partial charge in [0.2, 0.25) is 0 Å². The second kappa shape index (κ2) is 4.51. The molecule has 0 saturated heterocycles. The standard InChI is InChI=1S/C12H16FNO2/c1-12(2,3)16-10(15)7-8-5-4-6-9(13)11(8)14/h4-6H,7,14H2,1-3H3. The van der Waals surface area contributed by atoms with Crippen molar-refractivity contribution in [2.24, 2.45) is 0 Å². The monoisotopic (exact) mass is 225 g/mol. The van der Waals surface area contributed by atoms with E-state index in [-0.39, 0.29) is 12.1 Å². The third kappa shape index (κ3) is 3.53. The maximum atomic E-state index is 13.1. The molecular weight excluding hydrogens is 209 g/mol. The summed E-state index contributed by atoms with van der Waals surface area (Å²) >= 11 is 0. The molecule has 0 saturated carbocycles. The van der Waals surface area contributed by atoms with Crippen LogP contribution in [-0.4, -0.2) is 11.6 Å². The van der Waals surface area contributed by atoms with Crippen molar-refractivity contribution >= 4 is 11.7 Å². The number of nitrogens with two attached hydrogens (primary N) is 1.